The summed E-state index contributed by atoms with van der Waals surface area (Å²) in [7, 11) is 0. The molecule has 0 N–H and O–H groups in total. The van der Waals surface area contributed by atoms with E-state index >= 15 is 0 Å². The van der Waals surface area contributed by atoms with Crippen LogP contribution < -0.4 is 0 Å². The number of piperidine rings is 1. The van der Waals surface area contributed by atoms with Crippen molar-refractivity contribution in [1.29, 1.82) is 0 Å². The molecule has 2 aliphatic rings. The van der Waals surface area contributed by atoms with Crippen molar-refractivity contribution in [3.63, 3.8) is 0 Å². The third-order valence-corrected chi connectivity index (χ3v) is 5.20. The lowest BCUT2D eigenvalue weighted by atomic mass is 9.99. The zero-order chi connectivity index (χ0) is 22.8. The van der Waals surface area contributed by atoms with Gasteiger partial charge < -0.3 is 14.5 Å². The zero-order valence-corrected chi connectivity index (χ0v) is 20.5. The highest BCUT2D eigenvalue weighted by Crippen LogP contribution is 2.28. The predicted molar refractivity (Wildman–Crippen MR) is 135 cm³/mol. The van der Waals surface area contributed by atoms with Crippen LogP contribution in [0.5, 0.6) is 0 Å². The molecule has 0 atom stereocenters. The molecule has 2 fully saturated rings. The summed E-state index contributed by atoms with van der Waals surface area (Å²) in [6.07, 6.45) is 17.9. The van der Waals surface area contributed by atoms with Crippen molar-refractivity contribution >= 4 is 0 Å². The fraction of sp³-hybridized carbons (Fsp3) is 0.556. The minimum absolute atomic E-state index is 0.559. The van der Waals surface area contributed by atoms with E-state index in [1.54, 1.807) is 0 Å². The highest BCUT2D eigenvalue weighted by atomic mass is 16.5. The van der Waals surface area contributed by atoms with Gasteiger partial charge in [-0.1, -0.05) is 83.4 Å². The molecule has 2 saturated heterocycles. The van der Waals surface area contributed by atoms with Gasteiger partial charge >= 0.3 is 0 Å². The Balaban J connectivity index is 0.00000198. The quantitative estimate of drug-likeness (QED) is 0.422. The SMILES string of the molecule is C=C/C=C1/COCN(C2CCN(CC/C(C=C)=C/C=C\C)CC2)/C1=C/C.CC.CC. The number of rotatable bonds is 7. The highest BCUT2D eigenvalue weighted by molar-refractivity contribution is 5.34. The lowest BCUT2D eigenvalue weighted by Gasteiger charge is -2.43. The second-order valence-electron chi connectivity index (χ2n) is 6.84. The summed E-state index contributed by atoms with van der Waals surface area (Å²) in [5.41, 5.74) is 3.86. The van der Waals surface area contributed by atoms with Crippen LogP contribution in [0.3, 0.4) is 0 Å². The molecule has 0 aromatic heterocycles. The number of nitrogens with zero attached hydrogens (tertiary/aromatic N) is 2. The summed E-state index contributed by atoms with van der Waals surface area (Å²) in [6, 6.07) is 0.559. The second kappa shape index (κ2) is 18.0. The first kappa shape index (κ1) is 28.2. The van der Waals surface area contributed by atoms with E-state index in [2.05, 4.69) is 60.3 Å². The highest BCUT2D eigenvalue weighted by Gasteiger charge is 2.29. The molecule has 0 unspecified atom stereocenters. The Morgan fingerprint density at radius 1 is 1.10 bits per heavy atom. The standard InChI is InChI=1S/C23H34N2O.2C2H6/c1-5-9-11-20(7-3)12-15-24-16-13-22(14-17-24)25-19-26-18-21(10-6-2)23(25)8-4;2*1-2/h5-11,22H,2-3,12-19H2,1,4H3;2*1-2H3/b9-5-,20-11+,21-10-,23-8+;;. The Bertz CT molecular complexity index is 590. The molecule has 2 aliphatic heterocycles. The van der Waals surface area contributed by atoms with Crippen LogP contribution in [0.2, 0.25) is 0 Å². The molecule has 0 aromatic rings. The van der Waals surface area contributed by atoms with Crippen LogP contribution in [0.15, 0.2) is 72.5 Å². The van der Waals surface area contributed by atoms with Gasteiger partial charge in [-0.05, 0) is 38.7 Å². The van der Waals surface area contributed by atoms with Gasteiger partial charge in [0.15, 0.2) is 0 Å². The molecule has 0 aromatic carbocycles. The van der Waals surface area contributed by atoms with Crippen LogP contribution in [0.1, 0.15) is 60.8 Å². The van der Waals surface area contributed by atoms with Gasteiger partial charge in [0.25, 0.3) is 0 Å². The lowest BCUT2D eigenvalue weighted by molar-refractivity contribution is -0.00116. The van der Waals surface area contributed by atoms with Crippen LogP contribution >= 0.6 is 0 Å². The maximum Gasteiger partial charge on any atom is 0.119 e. The molecule has 0 radical (unpaired) electrons. The largest absolute Gasteiger partial charge is 0.356 e. The summed E-state index contributed by atoms with van der Waals surface area (Å²) in [5, 5.41) is 0. The minimum atomic E-state index is 0.559. The van der Waals surface area contributed by atoms with Gasteiger partial charge in [0, 0.05) is 36.9 Å². The molecule has 170 valence electrons. The monoisotopic (exact) mass is 414 g/mol. The lowest BCUT2D eigenvalue weighted by Crippen LogP contribution is -2.47. The van der Waals surface area contributed by atoms with Gasteiger partial charge in [0.05, 0.1) is 6.61 Å². The van der Waals surface area contributed by atoms with Gasteiger partial charge in [0.2, 0.25) is 0 Å². The maximum absolute atomic E-state index is 5.82. The van der Waals surface area contributed by atoms with E-state index in [-0.39, 0.29) is 0 Å². The van der Waals surface area contributed by atoms with Gasteiger partial charge in [0.1, 0.15) is 6.73 Å². The van der Waals surface area contributed by atoms with Crippen LogP contribution in [-0.4, -0.2) is 48.8 Å². The van der Waals surface area contributed by atoms with E-state index in [1.807, 2.05) is 46.8 Å². The first-order valence-corrected chi connectivity index (χ1v) is 11.7. The van der Waals surface area contributed by atoms with Crippen molar-refractivity contribution in [3.8, 4) is 0 Å². The summed E-state index contributed by atoms with van der Waals surface area (Å²) >= 11 is 0. The van der Waals surface area contributed by atoms with E-state index in [0.717, 1.165) is 26.1 Å². The van der Waals surface area contributed by atoms with E-state index in [9.17, 15) is 0 Å². The number of hydrogen-bond donors (Lipinski definition) is 0. The molecule has 0 amide bonds. The average Bonchev–Trinajstić information content (AvgIpc) is 2.82. The van der Waals surface area contributed by atoms with E-state index in [1.165, 1.54) is 29.7 Å². The molecular formula is C27H46N2O. The van der Waals surface area contributed by atoms with Crippen LogP contribution in [0.25, 0.3) is 0 Å². The normalized spacial score (nSPS) is 21.1. The Morgan fingerprint density at radius 3 is 2.30 bits per heavy atom. The van der Waals surface area contributed by atoms with Crippen molar-refractivity contribution in [2.24, 2.45) is 0 Å². The van der Waals surface area contributed by atoms with Gasteiger partial charge in [-0.15, -0.1) is 0 Å². The van der Waals surface area contributed by atoms with Crippen molar-refractivity contribution in [3.05, 3.63) is 72.5 Å². The topological polar surface area (TPSA) is 15.7 Å². The molecule has 30 heavy (non-hydrogen) atoms. The number of likely N-dealkylation sites (tertiary alicyclic amines) is 1. The summed E-state index contributed by atoms with van der Waals surface area (Å²) in [5.74, 6) is 0. The summed E-state index contributed by atoms with van der Waals surface area (Å²) in [4.78, 5) is 5.02. The maximum atomic E-state index is 5.82. The molecule has 0 spiro atoms. The van der Waals surface area contributed by atoms with Gasteiger partial charge in [-0.3, -0.25) is 0 Å². The van der Waals surface area contributed by atoms with E-state index in [0.29, 0.717) is 19.4 Å². The van der Waals surface area contributed by atoms with Crippen LogP contribution in [-0.2, 0) is 4.74 Å². The first-order valence-electron chi connectivity index (χ1n) is 11.7. The molecule has 3 heteroatoms. The van der Waals surface area contributed by atoms with Crippen molar-refractivity contribution in [2.45, 2.75) is 66.8 Å². The fourth-order valence-corrected chi connectivity index (χ4v) is 3.73. The number of ether oxygens (including phenoxy) is 1. The van der Waals surface area contributed by atoms with Crippen LogP contribution in [0.4, 0.5) is 0 Å². The van der Waals surface area contributed by atoms with Gasteiger partial charge in [-0.25, -0.2) is 0 Å². The molecule has 3 nitrogen and oxygen atoms in total. The third-order valence-electron chi connectivity index (χ3n) is 5.20. The number of allylic oxidation sites excluding steroid dienone is 7. The third kappa shape index (κ3) is 9.32. The van der Waals surface area contributed by atoms with Crippen molar-refractivity contribution in [1.82, 2.24) is 9.80 Å². The predicted octanol–water partition coefficient (Wildman–Crippen LogP) is 6.89. The van der Waals surface area contributed by atoms with Crippen molar-refractivity contribution in [2.75, 3.05) is 33.0 Å². The minimum Gasteiger partial charge on any atom is -0.356 e. The van der Waals surface area contributed by atoms with Crippen molar-refractivity contribution < 1.29 is 4.74 Å². The zero-order valence-electron chi connectivity index (χ0n) is 20.5. The first-order chi connectivity index (χ1) is 14.7. The number of hydrogen-bond acceptors (Lipinski definition) is 3. The summed E-state index contributed by atoms with van der Waals surface area (Å²) < 4.78 is 5.82. The Labute approximate surface area is 187 Å². The molecule has 0 aliphatic carbocycles. The molecular weight excluding hydrogens is 368 g/mol. The molecule has 0 saturated carbocycles. The van der Waals surface area contributed by atoms with E-state index < -0.39 is 0 Å². The van der Waals surface area contributed by atoms with E-state index in [4.69, 9.17) is 4.74 Å². The molecule has 0 bridgehead atoms. The fourth-order valence-electron chi connectivity index (χ4n) is 3.73. The second-order valence-corrected chi connectivity index (χ2v) is 6.84. The Hall–Kier alpha value is -1.84. The molecule has 2 rings (SSSR count). The molecule has 2 heterocycles. The smallest absolute Gasteiger partial charge is 0.119 e. The van der Waals surface area contributed by atoms with Gasteiger partial charge in [-0.2, -0.15) is 0 Å². The Morgan fingerprint density at radius 2 is 1.77 bits per heavy atom. The van der Waals surface area contributed by atoms with Crippen LogP contribution in [0, 0.1) is 0 Å². The average molecular weight is 415 g/mol. The Kier molecular flexibility index (Phi) is 16.9. The summed E-state index contributed by atoms with van der Waals surface area (Å²) in [6.45, 7) is 24.7.